The number of imide groups is 1. The first-order valence-corrected chi connectivity index (χ1v) is 7.99. The summed E-state index contributed by atoms with van der Waals surface area (Å²) in [6.45, 7) is 0. The molecule has 2 fully saturated rings. The summed E-state index contributed by atoms with van der Waals surface area (Å²) in [5.41, 5.74) is 0.330. The lowest BCUT2D eigenvalue weighted by Crippen LogP contribution is -2.38. The van der Waals surface area contributed by atoms with Gasteiger partial charge in [0.15, 0.2) is 5.75 Å². The highest BCUT2D eigenvalue weighted by atomic mass is 35.5. The molecule has 4 aliphatic rings. The maximum Gasteiger partial charge on any atom is 0.238 e. The minimum Gasteiger partial charge on any atom is -0.505 e. The van der Waals surface area contributed by atoms with Crippen molar-refractivity contribution < 1.29 is 14.7 Å². The number of halogens is 2. The van der Waals surface area contributed by atoms with E-state index in [1.165, 1.54) is 17.0 Å². The zero-order valence-electron chi connectivity index (χ0n) is 11.5. The number of anilines is 1. The lowest BCUT2D eigenvalue weighted by molar-refractivity contribution is -0.124. The fourth-order valence-electron chi connectivity index (χ4n) is 4.01. The molecule has 2 bridgehead atoms. The summed E-state index contributed by atoms with van der Waals surface area (Å²) < 4.78 is 0. The minimum atomic E-state index is -0.275. The van der Waals surface area contributed by atoms with E-state index < -0.39 is 0 Å². The third-order valence-electron chi connectivity index (χ3n) is 5.02. The van der Waals surface area contributed by atoms with Gasteiger partial charge in [0.05, 0.1) is 27.6 Å². The lowest BCUT2D eigenvalue weighted by atomic mass is 9.63. The lowest BCUT2D eigenvalue weighted by Gasteiger charge is -2.38. The molecule has 4 atom stereocenters. The molecule has 0 aromatic heterocycles. The molecule has 6 heteroatoms. The first-order valence-electron chi connectivity index (χ1n) is 7.23. The Kier molecular flexibility index (Phi) is 3.03. The van der Waals surface area contributed by atoms with Gasteiger partial charge in [0.25, 0.3) is 0 Å². The van der Waals surface area contributed by atoms with Gasteiger partial charge in [0.1, 0.15) is 0 Å². The molecular formula is C16H13Cl2NO3. The van der Waals surface area contributed by atoms with Gasteiger partial charge in [-0.25, -0.2) is 4.90 Å². The molecule has 1 saturated heterocycles. The second-order valence-corrected chi connectivity index (χ2v) is 6.93. The summed E-state index contributed by atoms with van der Waals surface area (Å²) >= 11 is 11.8. The van der Waals surface area contributed by atoms with Crippen LogP contribution < -0.4 is 4.90 Å². The number of aromatic hydroxyl groups is 1. The van der Waals surface area contributed by atoms with Gasteiger partial charge in [0.2, 0.25) is 11.8 Å². The number of phenols is 1. The quantitative estimate of drug-likeness (QED) is 0.631. The SMILES string of the molecule is O=C1[C@@H]2[C@H](C(=O)N1c1cc(Cl)c(O)c(Cl)c1)[C@@H]1C=C[C@H]2CC1. The van der Waals surface area contributed by atoms with E-state index >= 15 is 0 Å². The Bertz CT molecular complexity index is 675. The molecular weight excluding hydrogens is 325 g/mol. The minimum absolute atomic E-state index is 0.0269. The van der Waals surface area contributed by atoms with Crippen molar-refractivity contribution in [3.8, 4) is 5.75 Å². The molecule has 1 aromatic carbocycles. The predicted molar refractivity (Wildman–Crippen MR) is 83.0 cm³/mol. The zero-order chi connectivity index (χ0) is 15.6. The van der Waals surface area contributed by atoms with Crippen molar-refractivity contribution in [2.24, 2.45) is 23.7 Å². The van der Waals surface area contributed by atoms with Gasteiger partial charge in [-0.2, -0.15) is 0 Å². The first kappa shape index (κ1) is 14.1. The fraction of sp³-hybridized carbons (Fsp3) is 0.375. The topological polar surface area (TPSA) is 57.6 Å². The number of rotatable bonds is 1. The average Bonchev–Trinajstić information content (AvgIpc) is 2.79. The highest BCUT2D eigenvalue weighted by Crippen LogP contribution is 2.51. The maximum atomic E-state index is 12.8. The third-order valence-corrected chi connectivity index (χ3v) is 5.60. The Hall–Kier alpha value is -1.52. The number of phenolic OH excluding ortho intramolecular Hbond substituents is 1. The van der Waals surface area contributed by atoms with Crippen molar-refractivity contribution in [1.29, 1.82) is 0 Å². The molecule has 1 saturated carbocycles. The summed E-state index contributed by atoms with van der Waals surface area (Å²) in [6.07, 6.45) is 6.04. The van der Waals surface area contributed by atoms with Crippen LogP contribution in [-0.2, 0) is 9.59 Å². The van der Waals surface area contributed by atoms with Crippen LogP contribution in [0.25, 0.3) is 0 Å². The monoisotopic (exact) mass is 337 g/mol. The molecule has 3 aliphatic carbocycles. The Balaban J connectivity index is 1.78. The van der Waals surface area contributed by atoms with Crippen molar-refractivity contribution in [3.05, 3.63) is 34.3 Å². The molecule has 114 valence electrons. The summed E-state index contributed by atoms with van der Waals surface area (Å²) in [7, 11) is 0. The van der Waals surface area contributed by atoms with E-state index in [1.54, 1.807) is 0 Å². The smallest absolute Gasteiger partial charge is 0.238 e. The van der Waals surface area contributed by atoms with Crippen molar-refractivity contribution in [3.63, 3.8) is 0 Å². The largest absolute Gasteiger partial charge is 0.505 e. The number of carbonyl (C=O) groups excluding carboxylic acids is 2. The molecule has 2 amide bonds. The predicted octanol–water partition coefficient (Wildman–Crippen LogP) is 3.40. The number of hydrogen-bond acceptors (Lipinski definition) is 3. The molecule has 22 heavy (non-hydrogen) atoms. The van der Waals surface area contributed by atoms with Gasteiger partial charge in [-0.1, -0.05) is 35.4 Å². The van der Waals surface area contributed by atoms with Crippen LogP contribution in [0.15, 0.2) is 24.3 Å². The van der Waals surface area contributed by atoms with E-state index in [4.69, 9.17) is 23.2 Å². The van der Waals surface area contributed by atoms with Gasteiger partial charge in [0, 0.05) is 0 Å². The summed E-state index contributed by atoms with van der Waals surface area (Å²) in [6, 6.07) is 2.82. The molecule has 4 nitrogen and oxygen atoms in total. The standard InChI is InChI=1S/C16H13Cl2NO3/c17-10-5-9(6-11(18)14(10)20)19-15(21)12-7-1-2-8(4-3-7)13(12)16(19)22/h1-2,5-8,12-13,20H,3-4H2/t7-,8+,12-,13+. The van der Waals surface area contributed by atoms with Gasteiger partial charge in [-0.3, -0.25) is 9.59 Å². The fourth-order valence-corrected chi connectivity index (χ4v) is 4.49. The molecule has 1 heterocycles. The second-order valence-electron chi connectivity index (χ2n) is 6.11. The van der Waals surface area contributed by atoms with Gasteiger partial charge in [-0.05, 0) is 36.8 Å². The van der Waals surface area contributed by atoms with Gasteiger partial charge < -0.3 is 5.11 Å². The molecule has 0 radical (unpaired) electrons. The molecule has 1 aliphatic heterocycles. The van der Waals surface area contributed by atoms with Crippen LogP contribution >= 0.6 is 23.2 Å². The number of allylic oxidation sites excluding steroid dienone is 2. The summed E-state index contributed by atoms with van der Waals surface area (Å²) in [4.78, 5) is 26.7. The summed E-state index contributed by atoms with van der Waals surface area (Å²) in [5.74, 6) is -0.895. The van der Waals surface area contributed by atoms with E-state index in [0.29, 0.717) is 5.69 Å². The van der Waals surface area contributed by atoms with Crippen LogP contribution in [0.5, 0.6) is 5.75 Å². The van der Waals surface area contributed by atoms with Crippen LogP contribution in [0, 0.1) is 23.7 Å². The van der Waals surface area contributed by atoms with Gasteiger partial charge >= 0.3 is 0 Å². The van der Waals surface area contributed by atoms with Crippen LogP contribution in [0.1, 0.15) is 12.8 Å². The Morgan fingerprint density at radius 3 is 1.82 bits per heavy atom. The molecule has 5 rings (SSSR count). The summed E-state index contributed by atoms with van der Waals surface area (Å²) in [5, 5.41) is 9.70. The number of nitrogens with zero attached hydrogens (tertiary/aromatic N) is 1. The van der Waals surface area contributed by atoms with Crippen LogP contribution in [-0.4, -0.2) is 16.9 Å². The Morgan fingerprint density at radius 1 is 0.955 bits per heavy atom. The van der Waals surface area contributed by atoms with E-state index in [0.717, 1.165) is 12.8 Å². The number of benzene rings is 1. The van der Waals surface area contributed by atoms with Crippen LogP contribution in [0.2, 0.25) is 10.0 Å². The molecule has 0 spiro atoms. The van der Waals surface area contributed by atoms with E-state index in [2.05, 4.69) is 12.2 Å². The third kappa shape index (κ3) is 1.77. The number of hydrogen-bond donors (Lipinski definition) is 1. The number of amides is 2. The van der Waals surface area contributed by atoms with Crippen LogP contribution in [0.3, 0.4) is 0 Å². The molecule has 1 N–H and O–H groups in total. The van der Waals surface area contributed by atoms with Crippen molar-refractivity contribution in [2.75, 3.05) is 4.90 Å². The normalized spacial score (nSPS) is 32.7. The van der Waals surface area contributed by atoms with Crippen LogP contribution in [0.4, 0.5) is 5.69 Å². The van der Waals surface area contributed by atoms with E-state index in [1.807, 2.05) is 0 Å². The van der Waals surface area contributed by atoms with Crippen molar-refractivity contribution in [1.82, 2.24) is 0 Å². The maximum absolute atomic E-state index is 12.8. The Morgan fingerprint density at radius 2 is 1.41 bits per heavy atom. The highest BCUT2D eigenvalue weighted by molar-refractivity contribution is 6.38. The average molecular weight is 338 g/mol. The molecule has 1 aromatic rings. The Labute approximate surface area is 137 Å². The van der Waals surface area contributed by atoms with E-state index in [9.17, 15) is 14.7 Å². The number of fused-ring (bicyclic) bond motifs is 1. The highest BCUT2D eigenvalue weighted by Gasteiger charge is 2.56. The second kappa shape index (κ2) is 4.74. The number of carbonyl (C=O) groups is 2. The van der Waals surface area contributed by atoms with Crippen molar-refractivity contribution in [2.45, 2.75) is 12.8 Å². The first-order chi connectivity index (χ1) is 10.5. The zero-order valence-corrected chi connectivity index (χ0v) is 13.0. The molecule has 0 unspecified atom stereocenters. The van der Waals surface area contributed by atoms with Gasteiger partial charge in [-0.15, -0.1) is 0 Å². The van der Waals surface area contributed by atoms with E-state index in [-0.39, 0.29) is 51.3 Å². The van der Waals surface area contributed by atoms with Crippen molar-refractivity contribution >= 4 is 40.7 Å².